The number of rotatable bonds is 1. The minimum atomic E-state index is 0.624. The second kappa shape index (κ2) is 3.68. The highest BCUT2D eigenvalue weighted by atomic mass is 15.4. The van der Waals surface area contributed by atoms with Crippen molar-refractivity contribution < 1.29 is 0 Å². The molecule has 0 spiro atoms. The van der Waals surface area contributed by atoms with Crippen LogP contribution in [-0.4, -0.2) is 40.3 Å². The molecule has 2 aliphatic heterocycles. The van der Waals surface area contributed by atoms with Gasteiger partial charge in [0.15, 0.2) is 5.65 Å². The zero-order valence-electron chi connectivity index (χ0n) is 10.5. The van der Waals surface area contributed by atoms with E-state index in [1.54, 1.807) is 6.33 Å². The third-order valence-corrected chi connectivity index (χ3v) is 4.24. The van der Waals surface area contributed by atoms with Crippen molar-refractivity contribution in [1.29, 1.82) is 0 Å². The highest BCUT2D eigenvalue weighted by molar-refractivity contribution is 5.54. The highest BCUT2D eigenvalue weighted by Crippen LogP contribution is 2.32. The Bertz CT molecular complexity index is 590. The molecule has 0 radical (unpaired) electrons. The maximum atomic E-state index is 4.36. The van der Waals surface area contributed by atoms with Crippen LogP contribution in [0.4, 0.5) is 5.82 Å². The molecular weight excluding hydrogens is 226 g/mol. The van der Waals surface area contributed by atoms with Crippen LogP contribution in [-0.2, 0) is 0 Å². The molecule has 4 rings (SSSR count). The van der Waals surface area contributed by atoms with E-state index in [2.05, 4.69) is 39.4 Å². The Hall–Kier alpha value is -1.62. The summed E-state index contributed by atoms with van der Waals surface area (Å²) in [7, 11) is 0. The van der Waals surface area contributed by atoms with Crippen molar-refractivity contribution in [3.63, 3.8) is 0 Å². The van der Waals surface area contributed by atoms with E-state index in [1.165, 1.54) is 17.8 Å². The fourth-order valence-corrected chi connectivity index (χ4v) is 3.37. The summed E-state index contributed by atoms with van der Waals surface area (Å²) in [6, 6.07) is 4.93. The zero-order valence-corrected chi connectivity index (χ0v) is 10.5. The number of hydrogen-bond donors (Lipinski definition) is 1. The van der Waals surface area contributed by atoms with Crippen molar-refractivity contribution in [2.75, 3.05) is 24.5 Å². The van der Waals surface area contributed by atoms with Crippen molar-refractivity contribution in [3.8, 4) is 0 Å². The molecule has 94 valence electrons. The van der Waals surface area contributed by atoms with E-state index in [0.29, 0.717) is 6.04 Å². The van der Waals surface area contributed by atoms with Crippen LogP contribution >= 0.6 is 0 Å². The second-order valence-corrected chi connectivity index (χ2v) is 5.39. The van der Waals surface area contributed by atoms with Gasteiger partial charge in [-0.05, 0) is 37.0 Å². The average molecular weight is 243 g/mol. The minimum absolute atomic E-state index is 0.624. The minimum Gasteiger partial charge on any atom is -0.352 e. The number of anilines is 1. The molecule has 0 aliphatic carbocycles. The van der Waals surface area contributed by atoms with E-state index in [0.717, 1.165) is 31.2 Å². The summed E-state index contributed by atoms with van der Waals surface area (Å²) in [6.07, 6.45) is 2.92. The van der Waals surface area contributed by atoms with Gasteiger partial charge in [-0.3, -0.25) is 0 Å². The molecule has 5 heteroatoms. The number of nitrogens with one attached hydrogen (secondary N) is 1. The summed E-state index contributed by atoms with van der Waals surface area (Å²) in [5.74, 6) is 1.99. The van der Waals surface area contributed by atoms with Crippen LogP contribution in [0.5, 0.6) is 0 Å². The molecule has 2 fully saturated rings. The average Bonchev–Trinajstić information content (AvgIpc) is 3.02. The third-order valence-electron chi connectivity index (χ3n) is 4.24. The van der Waals surface area contributed by atoms with Crippen molar-refractivity contribution >= 4 is 11.5 Å². The zero-order chi connectivity index (χ0) is 12.1. The topological polar surface area (TPSA) is 45.5 Å². The van der Waals surface area contributed by atoms with Gasteiger partial charge in [-0.1, -0.05) is 0 Å². The maximum absolute atomic E-state index is 4.36. The lowest BCUT2D eigenvalue weighted by molar-refractivity contribution is 0.576. The molecule has 4 heterocycles. The Kier molecular flexibility index (Phi) is 2.11. The fraction of sp³-hybridized carbons (Fsp3) is 0.538. The predicted octanol–water partition coefficient (Wildman–Crippen LogP) is 0.836. The molecular formula is C13H17N5. The van der Waals surface area contributed by atoms with Crippen molar-refractivity contribution in [1.82, 2.24) is 19.9 Å². The van der Waals surface area contributed by atoms with Crippen molar-refractivity contribution in [3.05, 3.63) is 24.0 Å². The Morgan fingerprint density at radius 1 is 1.33 bits per heavy atom. The second-order valence-electron chi connectivity index (χ2n) is 5.39. The molecule has 0 amide bonds. The van der Waals surface area contributed by atoms with E-state index in [4.69, 9.17) is 0 Å². The fourth-order valence-electron chi connectivity index (χ4n) is 3.37. The van der Waals surface area contributed by atoms with Gasteiger partial charge >= 0.3 is 0 Å². The molecule has 2 aromatic rings. The van der Waals surface area contributed by atoms with Gasteiger partial charge in [-0.15, -0.1) is 0 Å². The molecule has 2 atom stereocenters. The van der Waals surface area contributed by atoms with Gasteiger partial charge in [0.1, 0.15) is 12.1 Å². The van der Waals surface area contributed by atoms with Crippen LogP contribution in [0, 0.1) is 12.8 Å². The van der Waals surface area contributed by atoms with Crippen LogP contribution in [0.1, 0.15) is 12.0 Å². The van der Waals surface area contributed by atoms with Gasteiger partial charge in [-0.25, -0.2) is 4.98 Å². The largest absolute Gasteiger partial charge is 0.352 e. The van der Waals surface area contributed by atoms with Gasteiger partial charge < -0.3 is 10.2 Å². The van der Waals surface area contributed by atoms with Crippen LogP contribution in [0.15, 0.2) is 18.5 Å². The summed E-state index contributed by atoms with van der Waals surface area (Å²) in [4.78, 5) is 6.81. The maximum Gasteiger partial charge on any atom is 0.157 e. The number of pyridine rings is 1. The van der Waals surface area contributed by atoms with Crippen LogP contribution in [0.2, 0.25) is 0 Å². The van der Waals surface area contributed by atoms with Crippen LogP contribution in [0.3, 0.4) is 0 Å². The SMILES string of the molecule is Cc1cc(N2CC[C@@H]3CNC[C@@H]32)n2ncnc2c1. The van der Waals surface area contributed by atoms with E-state index in [9.17, 15) is 0 Å². The van der Waals surface area contributed by atoms with Gasteiger partial charge in [-0.2, -0.15) is 9.61 Å². The quantitative estimate of drug-likeness (QED) is 0.806. The Morgan fingerprint density at radius 3 is 3.22 bits per heavy atom. The normalized spacial score (nSPS) is 27.1. The monoisotopic (exact) mass is 243 g/mol. The molecule has 0 unspecified atom stereocenters. The number of aryl methyl sites for hydroxylation is 1. The van der Waals surface area contributed by atoms with Crippen LogP contribution < -0.4 is 10.2 Å². The molecule has 5 nitrogen and oxygen atoms in total. The number of aromatic nitrogens is 3. The smallest absolute Gasteiger partial charge is 0.157 e. The van der Waals surface area contributed by atoms with Crippen molar-refractivity contribution in [2.24, 2.45) is 5.92 Å². The summed E-state index contributed by atoms with van der Waals surface area (Å²) in [5.41, 5.74) is 2.19. The lowest BCUT2D eigenvalue weighted by Crippen LogP contribution is -2.35. The Balaban J connectivity index is 1.84. The highest BCUT2D eigenvalue weighted by Gasteiger charge is 2.38. The first kappa shape index (κ1) is 10.3. The number of hydrogen-bond acceptors (Lipinski definition) is 4. The summed E-state index contributed by atoms with van der Waals surface area (Å²) in [6.45, 7) is 5.51. The van der Waals surface area contributed by atoms with E-state index in [1.807, 2.05) is 4.52 Å². The van der Waals surface area contributed by atoms with Gasteiger partial charge in [0.2, 0.25) is 0 Å². The molecule has 0 saturated carbocycles. The lowest BCUT2D eigenvalue weighted by atomic mass is 10.1. The summed E-state index contributed by atoms with van der Waals surface area (Å²) >= 11 is 0. The molecule has 0 aromatic carbocycles. The first-order valence-corrected chi connectivity index (χ1v) is 6.61. The van der Waals surface area contributed by atoms with Gasteiger partial charge in [0.05, 0.1) is 0 Å². The molecule has 1 N–H and O–H groups in total. The number of nitrogens with zero attached hydrogens (tertiary/aromatic N) is 4. The van der Waals surface area contributed by atoms with Gasteiger partial charge in [0, 0.05) is 25.7 Å². The Morgan fingerprint density at radius 2 is 2.28 bits per heavy atom. The summed E-state index contributed by atoms with van der Waals surface area (Å²) in [5, 5.41) is 7.86. The molecule has 0 bridgehead atoms. The molecule has 2 aromatic heterocycles. The van der Waals surface area contributed by atoms with Crippen molar-refractivity contribution in [2.45, 2.75) is 19.4 Å². The van der Waals surface area contributed by atoms with E-state index in [-0.39, 0.29) is 0 Å². The predicted molar refractivity (Wildman–Crippen MR) is 69.8 cm³/mol. The standard InChI is InChI=1S/C13H17N5/c1-9-4-12-15-8-16-18(12)13(5-9)17-3-2-10-6-14-7-11(10)17/h4-5,8,10-11,14H,2-3,6-7H2,1H3/t10-,11+/m1/s1. The molecule has 18 heavy (non-hydrogen) atoms. The first-order chi connectivity index (χ1) is 8.83. The number of fused-ring (bicyclic) bond motifs is 2. The van der Waals surface area contributed by atoms with Gasteiger partial charge in [0.25, 0.3) is 0 Å². The van der Waals surface area contributed by atoms with E-state index >= 15 is 0 Å². The molecule has 2 saturated heterocycles. The Labute approximate surface area is 106 Å². The summed E-state index contributed by atoms with van der Waals surface area (Å²) < 4.78 is 1.97. The first-order valence-electron chi connectivity index (χ1n) is 6.61. The van der Waals surface area contributed by atoms with Crippen LogP contribution in [0.25, 0.3) is 5.65 Å². The lowest BCUT2D eigenvalue weighted by Gasteiger charge is -2.26. The molecule has 2 aliphatic rings. The van der Waals surface area contributed by atoms with E-state index < -0.39 is 0 Å². The third kappa shape index (κ3) is 1.37.